The maximum atomic E-state index is 12.8. The van der Waals surface area contributed by atoms with Crippen molar-refractivity contribution in [2.45, 2.75) is 290 Å². The zero-order chi connectivity index (χ0) is 58.4. The molecule has 1 N–H and O–H groups in total. The minimum atomic E-state index is -4.39. The molecular formula is C70H125NO8P+. The number of unbranched alkanes of at least 4 members (excludes halogenated alkanes) is 30. The van der Waals surface area contributed by atoms with E-state index >= 15 is 0 Å². The van der Waals surface area contributed by atoms with Gasteiger partial charge in [-0.25, -0.2) is 4.57 Å². The number of phosphoric ester groups is 1. The highest BCUT2D eigenvalue weighted by molar-refractivity contribution is 7.47. The molecule has 2 atom stereocenters. The lowest BCUT2D eigenvalue weighted by Crippen LogP contribution is -2.37. The summed E-state index contributed by atoms with van der Waals surface area (Å²) in [6.07, 6.45) is 83.6. The molecule has 0 aromatic rings. The van der Waals surface area contributed by atoms with E-state index in [4.69, 9.17) is 18.5 Å². The molecule has 0 saturated carbocycles. The van der Waals surface area contributed by atoms with E-state index < -0.39 is 26.5 Å². The molecule has 0 aromatic carbocycles. The van der Waals surface area contributed by atoms with Gasteiger partial charge in [-0.2, -0.15) is 0 Å². The maximum Gasteiger partial charge on any atom is 0.472 e. The largest absolute Gasteiger partial charge is 0.472 e. The SMILES string of the molecule is CC/C=C\C/C=C\C/C=C\C/C=C\C/C=C\C/C=C\C/C=C\C/C=C\CCCCCCCCCCCCCCCCCCC(=O)OC(COC(=O)CCCCCCCCCCCCCCCCC)COP(=O)(O)OCC[N+](C)(C)C. The van der Waals surface area contributed by atoms with Crippen LogP contribution in [0.4, 0.5) is 0 Å². The van der Waals surface area contributed by atoms with Crippen LogP contribution in [0, 0.1) is 0 Å². The minimum absolute atomic E-state index is 0.0313. The summed E-state index contributed by atoms with van der Waals surface area (Å²) in [5, 5.41) is 0. The second-order valence-electron chi connectivity index (χ2n) is 23.1. The molecule has 9 nitrogen and oxygen atoms in total. The zero-order valence-corrected chi connectivity index (χ0v) is 53.4. The average Bonchev–Trinajstić information content (AvgIpc) is 3.42. The van der Waals surface area contributed by atoms with Crippen molar-refractivity contribution in [1.82, 2.24) is 0 Å². The van der Waals surface area contributed by atoms with Crippen molar-refractivity contribution >= 4 is 19.8 Å². The number of rotatable bonds is 60. The molecule has 0 spiro atoms. The Morgan fingerprint density at radius 1 is 0.400 bits per heavy atom. The number of allylic oxidation sites excluding steroid dienone is 16. The van der Waals surface area contributed by atoms with E-state index in [0.29, 0.717) is 23.9 Å². The first-order valence-electron chi connectivity index (χ1n) is 33.0. The molecule has 0 rings (SSSR count). The Kier molecular flexibility index (Phi) is 58.2. The lowest BCUT2D eigenvalue weighted by molar-refractivity contribution is -0.870. The third kappa shape index (κ3) is 64.1. The Morgan fingerprint density at radius 3 is 1.06 bits per heavy atom. The summed E-state index contributed by atoms with van der Waals surface area (Å²) in [4.78, 5) is 35.7. The third-order valence-electron chi connectivity index (χ3n) is 14.1. The first-order chi connectivity index (χ1) is 39.0. The molecule has 0 fully saturated rings. The van der Waals surface area contributed by atoms with Gasteiger partial charge in [0, 0.05) is 12.8 Å². The maximum absolute atomic E-state index is 12.8. The lowest BCUT2D eigenvalue weighted by atomic mass is 10.0. The van der Waals surface area contributed by atoms with Crippen LogP contribution in [-0.2, 0) is 32.7 Å². The van der Waals surface area contributed by atoms with Gasteiger partial charge in [0.15, 0.2) is 6.10 Å². The minimum Gasteiger partial charge on any atom is -0.462 e. The van der Waals surface area contributed by atoms with Crippen molar-refractivity contribution in [2.24, 2.45) is 0 Å². The Labute approximate surface area is 493 Å². The molecule has 0 aromatic heterocycles. The number of likely N-dealkylation sites (N-methyl/N-ethyl adjacent to an activating group) is 1. The van der Waals surface area contributed by atoms with Gasteiger partial charge in [-0.05, 0) is 77.0 Å². The molecule has 0 heterocycles. The van der Waals surface area contributed by atoms with Gasteiger partial charge in [0.05, 0.1) is 27.7 Å². The molecule has 0 amide bonds. The first kappa shape index (κ1) is 76.9. The Hall–Kier alpha value is -3.07. The highest BCUT2D eigenvalue weighted by atomic mass is 31.2. The monoisotopic (exact) mass is 1140 g/mol. The topological polar surface area (TPSA) is 108 Å². The molecule has 0 bridgehead atoms. The standard InChI is InChI=1S/C70H124NO8P/c1-6-8-10-12-14-16-18-20-22-23-24-25-26-27-28-29-30-31-32-33-34-35-36-37-38-39-40-41-42-43-44-45-46-47-49-51-53-55-57-59-61-63-70(73)79-68(67-78-80(74,75)77-65-64-71(3,4)5)66-76-69(72)62-60-58-56-54-52-50-48-21-19-17-15-13-11-9-7-2/h8,10,14,16,20,22,24-25,27-28,30-31,33-34,36-37,68H,6-7,9,11-13,15,17-19,21,23,26,29,32,35,38-67H2,1-5H3/p+1/b10-8-,16-14-,22-20-,25-24-,28-27-,31-30-,34-33-,37-36-. The van der Waals surface area contributed by atoms with Crippen LogP contribution in [0.3, 0.4) is 0 Å². The van der Waals surface area contributed by atoms with E-state index in [1.807, 2.05) is 21.1 Å². The van der Waals surface area contributed by atoms with Gasteiger partial charge < -0.3 is 18.9 Å². The van der Waals surface area contributed by atoms with Crippen molar-refractivity contribution in [3.05, 3.63) is 97.2 Å². The molecule has 2 unspecified atom stereocenters. The summed E-state index contributed by atoms with van der Waals surface area (Å²) in [6.45, 7) is 4.34. The van der Waals surface area contributed by atoms with Crippen LogP contribution >= 0.6 is 7.82 Å². The fourth-order valence-corrected chi connectivity index (χ4v) is 9.83. The fourth-order valence-electron chi connectivity index (χ4n) is 9.09. The van der Waals surface area contributed by atoms with Crippen LogP contribution < -0.4 is 0 Å². The number of phosphoric acid groups is 1. The highest BCUT2D eigenvalue weighted by Gasteiger charge is 2.27. The average molecular weight is 1140 g/mol. The number of esters is 2. The van der Waals surface area contributed by atoms with E-state index in [9.17, 15) is 19.0 Å². The molecule has 0 saturated heterocycles. The molecule has 0 aliphatic rings. The summed E-state index contributed by atoms with van der Waals surface area (Å²) in [5.41, 5.74) is 0. The van der Waals surface area contributed by atoms with Gasteiger partial charge in [0.1, 0.15) is 19.8 Å². The van der Waals surface area contributed by atoms with Crippen molar-refractivity contribution < 1.29 is 42.1 Å². The second-order valence-corrected chi connectivity index (χ2v) is 24.6. The van der Waals surface area contributed by atoms with Crippen molar-refractivity contribution in [3.8, 4) is 0 Å². The van der Waals surface area contributed by atoms with Gasteiger partial charge in [-0.15, -0.1) is 0 Å². The van der Waals surface area contributed by atoms with Gasteiger partial charge >= 0.3 is 19.8 Å². The van der Waals surface area contributed by atoms with E-state index in [-0.39, 0.29) is 25.6 Å². The second kappa shape index (κ2) is 60.5. The molecule has 10 heteroatoms. The van der Waals surface area contributed by atoms with Crippen molar-refractivity contribution in [3.63, 3.8) is 0 Å². The number of quaternary nitrogens is 1. The summed E-state index contributed by atoms with van der Waals surface area (Å²) in [7, 11) is 1.48. The first-order valence-corrected chi connectivity index (χ1v) is 34.5. The number of hydrogen-bond acceptors (Lipinski definition) is 7. The van der Waals surface area contributed by atoms with Crippen molar-refractivity contribution in [1.29, 1.82) is 0 Å². The number of carbonyl (C=O) groups excluding carboxylic acids is 2. The van der Waals surface area contributed by atoms with Gasteiger partial charge in [-0.3, -0.25) is 18.6 Å². The Balaban J connectivity index is 3.97. The Morgan fingerprint density at radius 2 is 0.713 bits per heavy atom. The van der Waals surface area contributed by atoms with Crippen LogP contribution in [0.25, 0.3) is 0 Å². The fraction of sp³-hybridized carbons (Fsp3) is 0.743. The molecule has 462 valence electrons. The van der Waals surface area contributed by atoms with Gasteiger partial charge in [0.2, 0.25) is 0 Å². The van der Waals surface area contributed by atoms with Crippen LogP contribution in [0.1, 0.15) is 284 Å². The van der Waals surface area contributed by atoms with Crippen LogP contribution in [0.15, 0.2) is 97.2 Å². The molecule has 0 aliphatic heterocycles. The van der Waals surface area contributed by atoms with E-state index in [2.05, 4.69) is 111 Å². The predicted molar refractivity (Wildman–Crippen MR) is 344 cm³/mol. The summed E-state index contributed by atoms with van der Waals surface area (Å²) >= 11 is 0. The van der Waals surface area contributed by atoms with Gasteiger partial charge in [-0.1, -0.05) is 291 Å². The summed E-state index contributed by atoms with van der Waals surface area (Å²) in [6, 6.07) is 0. The number of ether oxygens (including phenoxy) is 2. The third-order valence-corrected chi connectivity index (χ3v) is 15.1. The summed E-state index contributed by atoms with van der Waals surface area (Å²) in [5.74, 6) is -0.788. The molecule has 80 heavy (non-hydrogen) atoms. The number of nitrogens with zero attached hydrogens (tertiary/aromatic N) is 1. The van der Waals surface area contributed by atoms with Crippen LogP contribution in [-0.4, -0.2) is 74.9 Å². The highest BCUT2D eigenvalue weighted by Crippen LogP contribution is 2.43. The van der Waals surface area contributed by atoms with Crippen LogP contribution in [0.2, 0.25) is 0 Å². The van der Waals surface area contributed by atoms with E-state index in [0.717, 1.165) is 83.5 Å². The quantitative estimate of drug-likeness (QED) is 0.0211. The van der Waals surface area contributed by atoms with Crippen LogP contribution in [0.5, 0.6) is 0 Å². The number of carbonyl (C=O) groups is 2. The zero-order valence-electron chi connectivity index (χ0n) is 52.5. The predicted octanol–water partition coefficient (Wildman–Crippen LogP) is 21.2. The summed E-state index contributed by atoms with van der Waals surface area (Å²) < 4.78 is 34.6. The number of hydrogen-bond donors (Lipinski definition) is 1. The van der Waals surface area contributed by atoms with E-state index in [1.54, 1.807) is 0 Å². The van der Waals surface area contributed by atoms with Crippen molar-refractivity contribution in [2.75, 3.05) is 47.5 Å². The molecular weight excluding hydrogens is 1010 g/mol. The normalized spacial score (nSPS) is 13.8. The lowest BCUT2D eigenvalue weighted by Gasteiger charge is -2.24. The molecule has 0 aliphatic carbocycles. The van der Waals surface area contributed by atoms with E-state index in [1.165, 1.54) is 167 Å². The van der Waals surface area contributed by atoms with Gasteiger partial charge in [0.25, 0.3) is 0 Å². The molecule has 0 radical (unpaired) electrons. The smallest absolute Gasteiger partial charge is 0.462 e. The Bertz CT molecular complexity index is 1670.